The summed E-state index contributed by atoms with van der Waals surface area (Å²) in [5, 5.41) is 0. The summed E-state index contributed by atoms with van der Waals surface area (Å²) in [7, 11) is 4.76. The van der Waals surface area contributed by atoms with Crippen molar-refractivity contribution in [2.45, 2.75) is 89.9 Å². The Labute approximate surface area is 156 Å². The van der Waals surface area contributed by atoms with E-state index in [1.807, 2.05) is 0 Å². The van der Waals surface area contributed by atoms with Crippen LogP contribution in [0.1, 0.15) is 65.7 Å². The highest BCUT2D eigenvalue weighted by atomic mass is 15.4. The van der Waals surface area contributed by atoms with Crippen LogP contribution in [0.4, 0.5) is 0 Å². The standard InChI is InChI=1S/C22H42N3/c1-22(2,3)17-13-19-7-6-8-20(14-17)24(19)18-9-11-23(12-10-18)21-15-25(4,5)16-21/h17-21H,6-16H2,1-5H3/q+1. The third kappa shape index (κ3) is 3.66. The van der Waals surface area contributed by atoms with Gasteiger partial charge in [0.25, 0.3) is 0 Å². The smallest absolute Gasteiger partial charge is 0.109 e. The molecule has 0 spiro atoms. The van der Waals surface area contributed by atoms with E-state index in [1.165, 1.54) is 75.6 Å². The number of likely N-dealkylation sites (N-methyl/N-ethyl adjacent to an activating group) is 1. The molecule has 0 aromatic carbocycles. The Morgan fingerprint density at radius 2 is 1.32 bits per heavy atom. The predicted octanol–water partition coefficient (Wildman–Crippen LogP) is 3.59. The van der Waals surface area contributed by atoms with E-state index in [2.05, 4.69) is 44.7 Å². The number of hydrogen-bond acceptors (Lipinski definition) is 2. The van der Waals surface area contributed by atoms with Crippen LogP contribution in [-0.4, -0.2) is 78.7 Å². The summed E-state index contributed by atoms with van der Waals surface area (Å²) < 4.78 is 1.23. The van der Waals surface area contributed by atoms with Crippen molar-refractivity contribution in [3.8, 4) is 0 Å². The van der Waals surface area contributed by atoms with Gasteiger partial charge in [-0.1, -0.05) is 27.2 Å². The van der Waals surface area contributed by atoms with Crippen LogP contribution in [0, 0.1) is 11.3 Å². The van der Waals surface area contributed by atoms with Gasteiger partial charge in [0.1, 0.15) is 6.04 Å². The first-order chi connectivity index (χ1) is 11.7. The number of nitrogens with zero attached hydrogens (tertiary/aromatic N) is 3. The first-order valence-corrected chi connectivity index (χ1v) is 11.1. The zero-order valence-corrected chi connectivity index (χ0v) is 17.5. The lowest BCUT2D eigenvalue weighted by molar-refractivity contribution is -0.934. The molecule has 144 valence electrons. The highest BCUT2D eigenvalue weighted by Gasteiger charge is 2.46. The highest BCUT2D eigenvalue weighted by Crippen LogP contribution is 2.46. The topological polar surface area (TPSA) is 6.48 Å². The van der Waals surface area contributed by atoms with Gasteiger partial charge in [-0.15, -0.1) is 0 Å². The van der Waals surface area contributed by atoms with E-state index in [0.29, 0.717) is 5.41 Å². The minimum absolute atomic E-state index is 0.499. The lowest BCUT2D eigenvalue weighted by atomic mass is 9.67. The molecule has 0 N–H and O–H groups in total. The van der Waals surface area contributed by atoms with Crippen molar-refractivity contribution in [1.29, 1.82) is 0 Å². The van der Waals surface area contributed by atoms with E-state index in [1.54, 1.807) is 0 Å². The van der Waals surface area contributed by atoms with Crippen LogP contribution in [0.2, 0.25) is 0 Å². The molecule has 4 rings (SSSR count). The third-order valence-corrected chi connectivity index (χ3v) is 8.10. The van der Waals surface area contributed by atoms with E-state index < -0.39 is 0 Å². The van der Waals surface area contributed by atoms with Crippen molar-refractivity contribution in [3.63, 3.8) is 0 Å². The minimum Gasteiger partial charge on any atom is -0.325 e. The van der Waals surface area contributed by atoms with Crippen LogP contribution >= 0.6 is 0 Å². The van der Waals surface area contributed by atoms with Gasteiger partial charge in [0.05, 0.1) is 27.2 Å². The Bertz CT molecular complexity index is 450. The van der Waals surface area contributed by atoms with E-state index in [-0.39, 0.29) is 0 Å². The SMILES string of the molecule is CC(C)(C)C1CC2CCCC(C1)N2C1CCN(C2C[N+](C)(C)C2)CC1. The van der Waals surface area contributed by atoms with Gasteiger partial charge in [-0.2, -0.15) is 0 Å². The first kappa shape index (κ1) is 18.3. The fourth-order valence-corrected chi connectivity index (χ4v) is 6.59. The van der Waals surface area contributed by atoms with Crippen molar-refractivity contribution in [3.05, 3.63) is 0 Å². The van der Waals surface area contributed by atoms with Crippen molar-refractivity contribution >= 4 is 0 Å². The van der Waals surface area contributed by atoms with Crippen LogP contribution in [0.15, 0.2) is 0 Å². The number of quaternary nitrogens is 1. The molecule has 0 aromatic heterocycles. The summed E-state index contributed by atoms with van der Waals surface area (Å²) in [4.78, 5) is 5.86. The van der Waals surface area contributed by atoms with Crippen molar-refractivity contribution in [2.24, 2.45) is 11.3 Å². The fraction of sp³-hybridized carbons (Fsp3) is 1.00. The number of piperidine rings is 3. The van der Waals surface area contributed by atoms with Crippen molar-refractivity contribution < 1.29 is 4.48 Å². The lowest BCUT2D eigenvalue weighted by Gasteiger charge is -2.56. The zero-order chi connectivity index (χ0) is 17.8. The maximum atomic E-state index is 3.05. The number of likely N-dealkylation sites (tertiary alicyclic amines) is 2. The molecule has 25 heavy (non-hydrogen) atoms. The highest BCUT2D eigenvalue weighted by molar-refractivity contribution is 4.99. The van der Waals surface area contributed by atoms with Gasteiger partial charge in [0, 0.05) is 31.2 Å². The van der Waals surface area contributed by atoms with E-state index in [4.69, 9.17) is 0 Å². The molecule has 0 amide bonds. The van der Waals surface area contributed by atoms with Gasteiger partial charge in [-0.05, 0) is 49.9 Å². The second-order valence-electron chi connectivity index (χ2n) is 11.4. The van der Waals surface area contributed by atoms with Crippen LogP contribution in [-0.2, 0) is 0 Å². The lowest BCUT2D eigenvalue weighted by Crippen LogP contribution is -2.68. The molecular formula is C22H42N3+. The molecule has 0 aromatic rings. The Morgan fingerprint density at radius 3 is 1.80 bits per heavy atom. The summed E-state index contributed by atoms with van der Waals surface area (Å²) in [6.45, 7) is 12.9. The number of fused-ring (bicyclic) bond motifs is 2. The van der Waals surface area contributed by atoms with Gasteiger partial charge >= 0.3 is 0 Å². The molecule has 4 heterocycles. The molecule has 2 unspecified atom stereocenters. The molecule has 4 fully saturated rings. The van der Waals surface area contributed by atoms with Crippen LogP contribution in [0.3, 0.4) is 0 Å². The zero-order valence-electron chi connectivity index (χ0n) is 17.5. The molecule has 4 aliphatic heterocycles. The summed E-state index contributed by atoms with van der Waals surface area (Å²) in [6, 6.07) is 3.55. The Balaban J connectivity index is 1.35. The molecule has 4 saturated heterocycles. The summed E-state index contributed by atoms with van der Waals surface area (Å²) in [6.07, 6.45) is 10.2. The molecule has 0 saturated carbocycles. The predicted molar refractivity (Wildman–Crippen MR) is 106 cm³/mol. The van der Waals surface area contributed by atoms with Crippen LogP contribution in [0.5, 0.6) is 0 Å². The van der Waals surface area contributed by atoms with Gasteiger partial charge in [-0.3, -0.25) is 9.80 Å². The van der Waals surface area contributed by atoms with Gasteiger partial charge in [-0.25, -0.2) is 0 Å². The maximum Gasteiger partial charge on any atom is 0.109 e. The molecule has 3 heteroatoms. The average molecular weight is 349 g/mol. The fourth-order valence-electron chi connectivity index (χ4n) is 6.59. The Morgan fingerprint density at radius 1 is 0.760 bits per heavy atom. The van der Waals surface area contributed by atoms with Crippen molar-refractivity contribution in [2.75, 3.05) is 40.3 Å². The largest absolute Gasteiger partial charge is 0.325 e. The van der Waals surface area contributed by atoms with E-state index in [9.17, 15) is 0 Å². The van der Waals surface area contributed by atoms with Crippen LogP contribution in [0.25, 0.3) is 0 Å². The summed E-state index contributed by atoms with van der Waals surface area (Å²) in [5.41, 5.74) is 0.499. The molecule has 4 aliphatic rings. The molecule has 0 radical (unpaired) electrons. The monoisotopic (exact) mass is 348 g/mol. The van der Waals surface area contributed by atoms with E-state index >= 15 is 0 Å². The molecule has 3 nitrogen and oxygen atoms in total. The van der Waals surface area contributed by atoms with Gasteiger partial charge in [0.2, 0.25) is 0 Å². The number of hydrogen-bond donors (Lipinski definition) is 0. The van der Waals surface area contributed by atoms with Gasteiger partial charge < -0.3 is 4.48 Å². The number of rotatable bonds is 2. The molecular weight excluding hydrogens is 306 g/mol. The quantitative estimate of drug-likeness (QED) is 0.704. The molecule has 2 bridgehead atoms. The Kier molecular flexibility index (Phi) is 4.74. The van der Waals surface area contributed by atoms with E-state index in [0.717, 1.165) is 30.1 Å². The average Bonchev–Trinajstić information content (AvgIpc) is 2.50. The summed E-state index contributed by atoms with van der Waals surface area (Å²) in [5.74, 6) is 0.939. The maximum absolute atomic E-state index is 3.05. The second-order valence-corrected chi connectivity index (χ2v) is 11.4. The first-order valence-electron chi connectivity index (χ1n) is 11.1. The minimum atomic E-state index is 0.499. The molecule has 0 aliphatic carbocycles. The van der Waals surface area contributed by atoms with Crippen LogP contribution < -0.4 is 0 Å². The molecule has 2 atom stereocenters. The normalized spacial score (nSPS) is 38.5. The van der Waals surface area contributed by atoms with Gasteiger partial charge in [0.15, 0.2) is 0 Å². The summed E-state index contributed by atoms with van der Waals surface area (Å²) >= 11 is 0. The second kappa shape index (κ2) is 6.49. The van der Waals surface area contributed by atoms with Crippen molar-refractivity contribution in [1.82, 2.24) is 9.80 Å². The Hall–Kier alpha value is -0.120. The third-order valence-electron chi connectivity index (χ3n) is 8.10.